The second-order valence-corrected chi connectivity index (χ2v) is 6.17. The zero-order valence-corrected chi connectivity index (χ0v) is 12.3. The molecule has 1 aliphatic carbocycles. The Morgan fingerprint density at radius 3 is 2.11 bits per heavy atom. The lowest BCUT2D eigenvalue weighted by molar-refractivity contribution is 0.138. The molecule has 0 radical (unpaired) electrons. The Balaban J connectivity index is 1.97. The van der Waals surface area contributed by atoms with Crippen LogP contribution in [-0.2, 0) is 0 Å². The summed E-state index contributed by atoms with van der Waals surface area (Å²) in [7, 11) is 0. The third-order valence-electron chi connectivity index (χ3n) is 4.81. The van der Waals surface area contributed by atoms with Crippen molar-refractivity contribution >= 4 is 0 Å². The summed E-state index contributed by atoms with van der Waals surface area (Å²) in [5, 5.41) is 3.78. The lowest BCUT2D eigenvalue weighted by Gasteiger charge is -2.38. The van der Waals surface area contributed by atoms with Crippen molar-refractivity contribution in [3.8, 4) is 0 Å². The van der Waals surface area contributed by atoms with Gasteiger partial charge in [0.15, 0.2) is 0 Å². The van der Waals surface area contributed by atoms with Crippen molar-refractivity contribution in [1.29, 1.82) is 0 Å². The maximum atomic E-state index is 3.78. The van der Waals surface area contributed by atoms with Crippen LogP contribution in [-0.4, -0.2) is 36.6 Å². The molecule has 1 heterocycles. The number of hydrogen-bond donors (Lipinski definition) is 1. The van der Waals surface area contributed by atoms with Crippen molar-refractivity contribution in [2.45, 2.75) is 83.2 Å². The molecule has 2 unspecified atom stereocenters. The Morgan fingerprint density at radius 2 is 1.44 bits per heavy atom. The molecule has 0 spiro atoms. The fraction of sp³-hybridized carbons (Fsp3) is 1.00. The van der Waals surface area contributed by atoms with Crippen LogP contribution in [0.5, 0.6) is 0 Å². The van der Waals surface area contributed by atoms with Gasteiger partial charge in [-0.05, 0) is 45.3 Å². The fourth-order valence-electron chi connectivity index (χ4n) is 3.83. The van der Waals surface area contributed by atoms with Crippen LogP contribution in [0.3, 0.4) is 0 Å². The molecule has 2 heteroatoms. The molecule has 0 bridgehead atoms. The van der Waals surface area contributed by atoms with E-state index in [-0.39, 0.29) is 0 Å². The molecule has 2 aliphatic rings. The van der Waals surface area contributed by atoms with E-state index in [1.807, 2.05) is 0 Å². The number of nitrogens with zero attached hydrogens (tertiary/aromatic N) is 1. The van der Waals surface area contributed by atoms with Crippen LogP contribution in [0.25, 0.3) is 0 Å². The first kappa shape index (κ1) is 14.3. The Labute approximate surface area is 114 Å². The molecular formula is C16H32N2. The summed E-state index contributed by atoms with van der Waals surface area (Å²) in [5.74, 6) is 0. The monoisotopic (exact) mass is 252 g/mol. The molecule has 1 saturated carbocycles. The smallest absolute Gasteiger partial charge is 0.0249 e. The Hall–Kier alpha value is -0.0800. The largest absolute Gasteiger partial charge is 0.313 e. The molecule has 2 atom stereocenters. The van der Waals surface area contributed by atoms with Crippen LogP contribution in [0.1, 0.15) is 71.1 Å². The zero-order valence-electron chi connectivity index (χ0n) is 12.3. The standard InChI is InChI=1S/C16H32N2/c1-2-17-15-11-7-3-4-8-12-16(15)18-13-9-5-6-10-14-18/h15-17H,2-14H2,1H3. The first-order valence-corrected chi connectivity index (χ1v) is 8.39. The van der Waals surface area contributed by atoms with E-state index in [9.17, 15) is 0 Å². The van der Waals surface area contributed by atoms with E-state index < -0.39 is 0 Å². The SMILES string of the molecule is CCNC1CCCCCCC1N1CCCCCC1. The lowest BCUT2D eigenvalue weighted by atomic mass is 9.91. The van der Waals surface area contributed by atoms with Crippen LogP contribution >= 0.6 is 0 Å². The van der Waals surface area contributed by atoms with Crippen molar-refractivity contribution < 1.29 is 0 Å². The zero-order chi connectivity index (χ0) is 12.6. The second kappa shape index (κ2) is 8.16. The third-order valence-corrected chi connectivity index (χ3v) is 4.81. The molecular weight excluding hydrogens is 220 g/mol. The van der Waals surface area contributed by atoms with E-state index in [1.165, 1.54) is 77.3 Å². The molecule has 2 nitrogen and oxygen atoms in total. The minimum atomic E-state index is 0.758. The van der Waals surface area contributed by atoms with Crippen molar-refractivity contribution in [1.82, 2.24) is 10.2 Å². The first-order chi connectivity index (χ1) is 8.92. The molecule has 0 aromatic heterocycles. The van der Waals surface area contributed by atoms with E-state index in [4.69, 9.17) is 0 Å². The Kier molecular flexibility index (Phi) is 6.50. The predicted molar refractivity (Wildman–Crippen MR) is 79.0 cm³/mol. The van der Waals surface area contributed by atoms with E-state index in [0.29, 0.717) is 0 Å². The van der Waals surface area contributed by atoms with Crippen molar-refractivity contribution in [3.05, 3.63) is 0 Å². The van der Waals surface area contributed by atoms with Gasteiger partial charge in [-0.15, -0.1) is 0 Å². The Bertz CT molecular complexity index is 207. The highest BCUT2D eigenvalue weighted by Crippen LogP contribution is 2.24. The predicted octanol–water partition coefficient (Wildman–Crippen LogP) is 3.56. The van der Waals surface area contributed by atoms with Gasteiger partial charge in [-0.3, -0.25) is 4.90 Å². The summed E-state index contributed by atoms with van der Waals surface area (Å²) in [6.45, 7) is 6.10. The van der Waals surface area contributed by atoms with E-state index >= 15 is 0 Å². The topological polar surface area (TPSA) is 15.3 Å². The minimum Gasteiger partial charge on any atom is -0.313 e. The van der Waals surface area contributed by atoms with E-state index in [1.54, 1.807) is 0 Å². The normalized spacial score (nSPS) is 32.5. The quantitative estimate of drug-likeness (QED) is 0.826. The van der Waals surface area contributed by atoms with Crippen molar-refractivity contribution in [2.75, 3.05) is 19.6 Å². The maximum Gasteiger partial charge on any atom is 0.0249 e. The van der Waals surface area contributed by atoms with Crippen molar-refractivity contribution in [2.24, 2.45) is 0 Å². The van der Waals surface area contributed by atoms with Gasteiger partial charge < -0.3 is 5.32 Å². The highest BCUT2D eigenvalue weighted by atomic mass is 15.2. The average molecular weight is 252 g/mol. The molecule has 2 rings (SSSR count). The molecule has 1 saturated heterocycles. The van der Waals surface area contributed by atoms with Gasteiger partial charge in [0.2, 0.25) is 0 Å². The summed E-state index contributed by atoms with van der Waals surface area (Å²) >= 11 is 0. The molecule has 2 fully saturated rings. The molecule has 106 valence electrons. The van der Waals surface area contributed by atoms with Gasteiger partial charge in [-0.1, -0.05) is 45.4 Å². The summed E-state index contributed by atoms with van der Waals surface area (Å²) in [4.78, 5) is 2.83. The van der Waals surface area contributed by atoms with Gasteiger partial charge in [0.1, 0.15) is 0 Å². The first-order valence-electron chi connectivity index (χ1n) is 8.39. The molecule has 0 amide bonds. The van der Waals surface area contributed by atoms with E-state index in [2.05, 4.69) is 17.1 Å². The molecule has 0 aromatic rings. The van der Waals surface area contributed by atoms with Crippen LogP contribution < -0.4 is 5.32 Å². The maximum absolute atomic E-state index is 3.78. The van der Waals surface area contributed by atoms with Crippen LogP contribution in [0.15, 0.2) is 0 Å². The fourth-order valence-corrected chi connectivity index (χ4v) is 3.83. The van der Waals surface area contributed by atoms with E-state index in [0.717, 1.165) is 18.6 Å². The number of likely N-dealkylation sites (tertiary alicyclic amines) is 1. The molecule has 1 aliphatic heterocycles. The van der Waals surface area contributed by atoms with Gasteiger partial charge in [-0.25, -0.2) is 0 Å². The number of rotatable bonds is 3. The summed E-state index contributed by atoms with van der Waals surface area (Å²) in [6.07, 6.45) is 14.4. The molecule has 18 heavy (non-hydrogen) atoms. The number of likely N-dealkylation sites (N-methyl/N-ethyl adjacent to an activating group) is 1. The summed E-state index contributed by atoms with van der Waals surface area (Å²) < 4.78 is 0. The summed E-state index contributed by atoms with van der Waals surface area (Å²) in [5.41, 5.74) is 0. The number of hydrogen-bond acceptors (Lipinski definition) is 2. The van der Waals surface area contributed by atoms with Crippen molar-refractivity contribution in [3.63, 3.8) is 0 Å². The lowest BCUT2D eigenvalue weighted by Crippen LogP contribution is -2.50. The second-order valence-electron chi connectivity index (χ2n) is 6.17. The third kappa shape index (κ3) is 4.24. The van der Waals surface area contributed by atoms with Crippen LogP contribution in [0.2, 0.25) is 0 Å². The number of nitrogens with one attached hydrogen (secondary N) is 1. The van der Waals surface area contributed by atoms with Crippen LogP contribution in [0.4, 0.5) is 0 Å². The average Bonchev–Trinajstić information content (AvgIpc) is 2.62. The minimum absolute atomic E-state index is 0.758. The molecule has 0 aromatic carbocycles. The van der Waals surface area contributed by atoms with Gasteiger partial charge in [-0.2, -0.15) is 0 Å². The van der Waals surface area contributed by atoms with Crippen LogP contribution in [0, 0.1) is 0 Å². The molecule has 1 N–H and O–H groups in total. The van der Waals surface area contributed by atoms with Gasteiger partial charge >= 0.3 is 0 Å². The van der Waals surface area contributed by atoms with Gasteiger partial charge in [0.25, 0.3) is 0 Å². The van der Waals surface area contributed by atoms with Gasteiger partial charge in [0.05, 0.1) is 0 Å². The highest BCUT2D eigenvalue weighted by Gasteiger charge is 2.27. The summed E-state index contributed by atoms with van der Waals surface area (Å²) in [6, 6.07) is 1.58. The highest BCUT2D eigenvalue weighted by molar-refractivity contribution is 4.86. The van der Waals surface area contributed by atoms with Gasteiger partial charge in [0, 0.05) is 12.1 Å². The Morgan fingerprint density at radius 1 is 0.833 bits per heavy atom.